The number of unbranched alkanes of at least 4 members (excludes halogenated alkanes) is 1. The molecule has 1 heterocycles. The zero-order valence-corrected chi connectivity index (χ0v) is 13.4. The van der Waals surface area contributed by atoms with E-state index in [-0.39, 0.29) is 19.2 Å². The minimum Gasteiger partial charge on any atom is -0.463 e. The first-order chi connectivity index (χ1) is 10.5. The average molecular weight is 312 g/mol. The Morgan fingerprint density at radius 3 is 2.50 bits per heavy atom. The van der Waals surface area contributed by atoms with Gasteiger partial charge in [-0.15, -0.1) is 0 Å². The summed E-state index contributed by atoms with van der Waals surface area (Å²) in [4.78, 5) is 35.3. The number of carbonyl (C=O) groups is 3. The van der Waals surface area contributed by atoms with Gasteiger partial charge >= 0.3 is 18.0 Å². The molecule has 0 saturated carbocycles. The number of ether oxygens (including phenoxy) is 2. The van der Waals surface area contributed by atoms with Gasteiger partial charge in [-0.25, -0.2) is 9.59 Å². The van der Waals surface area contributed by atoms with E-state index in [0.717, 1.165) is 12.8 Å². The second-order valence-corrected chi connectivity index (χ2v) is 4.94. The number of hydrogen-bond donors (Lipinski definition) is 2. The third kappa shape index (κ3) is 5.05. The molecule has 22 heavy (non-hydrogen) atoms. The van der Waals surface area contributed by atoms with E-state index in [2.05, 4.69) is 10.6 Å². The van der Waals surface area contributed by atoms with Crippen molar-refractivity contribution in [3.05, 3.63) is 11.3 Å². The maximum atomic E-state index is 12.1. The molecule has 0 aromatic rings. The number of carbonyl (C=O) groups excluding carboxylic acids is 3. The summed E-state index contributed by atoms with van der Waals surface area (Å²) in [6, 6.07) is -0.864. The molecule has 0 unspecified atom stereocenters. The van der Waals surface area contributed by atoms with Crippen molar-refractivity contribution in [3.8, 4) is 0 Å². The fourth-order valence-electron chi connectivity index (χ4n) is 2.12. The van der Waals surface area contributed by atoms with E-state index in [0.29, 0.717) is 24.1 Å². The number of hydrogen-bond acceptors (Lipinski definition) is 5. The van der Waals surface area contributed by atoms with Crippen LogP contribution in [-0.4, -0.2) is 37.2 Å². The first-order valence-corrected chi connectivity index (χ1v) is 7.66. The zero-order valence-electron chi connectivity index (χ0n) is 13.4. The molecule has 2 N–H and O–H groups in total. The number of amides is 2. The number of nitrogens with one attached hydrogen (secondary N) is 2. The van der Waals surface area contributed by atoms with E-state index >= 15 is 0 Å². The van der Waals surface area contributed by atoms with Gasteiger partial charge in [-0.1, -0.05) is 20.3 Å². The Kier molecular flexibility index (Phi) is 7.42. The van der Waals surface area contributed by atoms with E-state index < -0.39 is 18.0 Å². The van der Waals surface area contributed by atoms with Crippen molar-refractivity contribution in [3.63, 3.8) is 0 Å². The highest BCUT2D eigenvalue weighted by Gasteiger charge is 2.31. The third-order valence-corrected chi connectivity index (χ3v) is 3.26. The first kappa shape index (κ1) is 18.0. The number of esters is 2. The molecule has 0 aromatic heterocycles. The van der Waals surface area contributed by atoms with Crippen molar-refractivity contribution in [2.24, 2.45) is 0 Å². The zero-order chi connectivity index (χ0) is 16.5. The fraction of sp³-hybridized carbons (Fsp3) is 0.667. The van der Waals surface area contributed by atoms with Crippen LogP contribution >= 0.6 is 0 Å². The molecule has 0 fully saturated rings. The summed E-state index contributed by atoms with van der Waals surface area (Å²) < 4.78 is 10.2. The monoisotopic (exact) mass is 312 g/mol. The van der Waals surface area contributed by atoms with Crippen LogP contribution in [0.5, 0.6) is 0 Å². The van der Waals surface area contributed by atoms with Gasteiger partial charge in [0.15, 0.2) is 0 Å². The second kappa shape index (κ2) is 9.07. The van der Waals surface area contributed by atoms with Gasteiger partial charge in [-0.3, -0.25) is 4.79 Å². The quantitative estimate of drug-likeness (QED) is 0.664. The Morgan fingerprint density at radius 1 is 1.18 bits per heavy atom. The van der Waals surface area contributed by atoms with E-state index in [1.165, 1.54) is 0 Å². The highest BCUT2D eigenvalue weighted by atomic mass is 16.5. The van der Waals surface area contributed by atoms with Crippen LogP contribution in [0, 0.1) is 0 Å². The van der Waals surface area contributed by atoms with Crippen LogP contribution < -0.4 is 10.6 Å². The lowest BCUT2D eigenvalue weighted by atomic mass is 10.0. The largest absolute Gasteiger partial charge is 0.463 e. The molecule has 7 nitrogen and oxygen atoms in total. The van der Waals surface area contributed by atoms with Crippen LogP contribution in [0.25, 0.3) is 0 Å². The predicted octanol–water partition coefficient (Wildman–Crippen LogP) is 1.63. The molecule has 0 radical (unpaired) electrons. The number of urea groups is 1. The lowest BCUT2D eigenvalue weighted by Gasteiger charge is -2.28. The molecule has 1 aliphatic rings. The van der Waals surface area contributed by atoms with Crippen LogP contribution in [-0.2, 0) is 19.1 Å². The Labute approximate surface area is 130 Å². The summed E-state index contributed by atoms with van der Waals surface area (Å²) in [6.07, 6.45) is 2.50. The van der Waals surface area contributed by atoms with Crippen molar-refractivity contribution in [2.75, 3.05) is 13.2 Å². The lowest BCUT2D eigenvalue weighted by Crippen LogP contribution is -2.51. The standard InChI is InChI=1S/C15H24N2O5/c1-4-7-8-12(18)22-9-11-13(14(19)21-6-3)10(5-2)16-15(20)17-11/h10H,4-9H2,1-3H3,(H2,16,17,20)/t10-/m1/s1. The predicted molar refractivity (Wildman–Crippen MR) is 79.9 cm³/mol. The molecule has 0 bridgehead atoms. The molecule has 1 rings (SSSR count). The molecule has 2 amide bonds. The summed E-state index contributed by atoms with van der Waals surface area (Å²) >= 11 is 0. The molecular weight excluding hydrogens is 288 g/mol. The van der Waals surface area contributed by atoms with E-state index in [1.54, 1.807) is 6.92 Å². The maximum absolute atomic E-state index is 12.1. The van der Waals surface area contributed by atoms with Gasteiger partial charge in [0.1, 0.15) is 6.61 Å². The van der Waals surface area contributed by atoms with Gasteiger partial charge in [0.2, 0.25) is 0 Å². The fourth-order valence-corrected chi connectivity index (χ4v) is 2.12. The molecule has 1 aliphatic heterocycles. The first-order valence-electron chi connectivity index (χ1n) is 7.66. The Balaban J connectivity index is 2.87. The number of rotatable bonds is 8. The SMILES string of the molecule is CCCCC(=O)OCC1=C(C(=O)OCC)[C@@H](CC)NC(=O)N1. The molecular formula is C15H24N2O5. The highest BCUT2D eigenvalue weighted by Crippen LogP contribution is 2.17. The normalized spacial score (nSPS) is 17.6. The topological polar surface area (TPSA) is 93.7 Å². The lowest BCUT2D eigenvalue weighted by molar-refractivity contribution is -0.143. The Hall–Kier alpha value is -2.05. The third-order valence-electron chi connectivity index (χ3n) is 3.26. The van der Waals surface area contributed by atoms with Crippen molar-refractivity contribution < 1.29 is 23.9 Å². The van der Waals surface area contributed by atoms with Crippen LogP contribution in [0.15, 0.2) is 11.3 Å². The van der Waals surface area contributed by atoms with E-state index in [9.17, 15) is 14.4 Å². The Bertz CT molecular complexity index is 459. The van der Waals surface area contributed by atoms with Crippen molar-refractivity contribution in [1.29, 1.82) is 0 Å². The molecule has 124 valence electrons. The minimum atomic E-state index is -0.513. The molecule has 1 atom stereocenters. The second-order valence-electron chi connectivity index (χ2n) is 4.94. The van der Waals surface area contributed by atoms with Gasteiger partial charge in [0.25, 0.3) is 0 Å². The molecule has 0 aromatic carbocycles. The smallest absolute Gasteiger partial charge is 0.338 e. The summed E-state index contributed by atoms with van der Waals surface area (Å²) in [5, 5.41) is 5.19. The molecule has 0 spiro atoms. The van der Waals surface area contributed by atoms with Gasteiger partial charge in [0, 0.05) is 6.42 Å². The summed E-state index contributed by atoms with van der Waals surface area (Å²) in [5.74, 6) is -0.861. The van der Waals surface area contributed by atoms with Crippen molar-refractivity contribution in [1.82, 2.24) is 10.6 Å². The van der Waals surface area contributed by atoms with Gasteiger partial charge in [0.05, 0.1) is 23.9 Å². The highest BCUT2D eigenvalue weighted by molar-refractivity contribution is 5.94. The Morgan fingerprint density at radius 2 is 1.91 bits per heavy atom. The van der Waals surface area contributed by atoms with Crippen LogP contribution in [0.1, 0.15) is 46.5 Å². The van der Waals surface area contributed by atoms with Crippen molar-refractivity contribution in [2.45, 2.75) is 52.5 Å². The van der Waals surface area contributed by atoms with Gasteiger partial charge in [-0.05, 0) is 19.8 Å². The van der Waals surface area contributed by atoms with Crippen LogP contribution in [0.3, 0.4) is 0 Å². The molecule has 0 aliphatic carbocycles. The minimum absolute atomic E-state index is 0.138. The van der Waals surface area contributed by atoms with Gasteiger partial charge in [-0.2, -0.15) is 0 Å². The maximum Gasteiger partial charge on any atom is 0.338 e. The van der Waals surface area contributed by atoms with E-state index in [4.69, 9.17) is 9.47 Å². The average Bonchev–Trinajstić information content (AvgIpc) is 2.50. The van der Waals surface area contributed by atoms with Gasteiger partial charge < -0.3 is 20.1 Å². The van der Waals surface area contributed by atoms with Crippen LogP contribution in [0.2, 0.25) is 0 Å². The summed E-state index contributed by atoms with van der Waals surface area (Å²) in [5.41, 5.74) is 0.603. The van der Waals surface area contributed by atoms with Crippen LogP contribution in [0.4, 0.5) is 4.79 Å². The van der Waals surface area contributed by atoms with Crippen molar-refractivity contribution >= 4 is 18.0 Å². The summed E-state index contributed by atoms with van der Waals surface area (Å²) in [7, 11) is 0. The van der Waals surface area contributed by atoms with E-state index in [1.807, 2.05) is 13.8 Å². The summed E-state index contributed by atoms with van der Waals surface area (Å²) in [6.45, 7) is 5.63. The molecule has 7 heteroatoms. The molecule has 0 saturated heterocycles.